The number of esters is 2. The van der Waals surface area contributed by atoms with E-state index in [1.807, 2.05) is 26.8 Å². The largest absolute Gasteiger partial charge is 0.462 e. The molecule has 0 bridgehead atoms. The van der Waals surface area contributed by atoms with Crippen molar-refractivity contribution in [2.45, 2.75) is 52.1 Å². The van der Waals surface area contributed by atoms with Gasteiger partial charge in [-0.1, -0.05) is 18.2 Å². The van der Waals surface area contributed by atoms with E-state index < -0.39 is 5.60 Å². The van der Waals surface area contributed by atoms with E-state index in [0.29, 0.717) is 18.6 Å². The number of unbranched alkanes of at least 4 members (excludes halogenated alkanes) is 2. The third-order valence-electron chi connectivity index (χ3n) is 2.69. The van der Waals surface area contributed by atoms with E-state index in [9.17, 15) is 9.59 Å². The highest BCUT2D eigenvalue weighted by atomic mass is 16.6. The molecular weight excluding hydrogens is 268 g/mol. The van der Waals surface area contributed by atoms with E-state index in [-0.39, 0.29) is 11.9 Å². The fraction of sp³-hybridized carbons (Fsp3) is 0.529. The standard InChI is InChI=1S/C17H24O4/c1-17(2,3)21-15(18)12-8-5-9-13-20-16(19)14-10-6-4-7-11-14/h4,6-7,10-11H,5,8-9,12-13H2,1-3H3. The molecule has 21 heavy (non-hydrogen) atoms. The van der Waals surface area contributed by atoms with Crippen LogP contribution in [0.4, 0.5) is 0 Å². The molecule has 0 atom stereocenters. The average molecular weight is 292 g/mol. The second kappa shape index (κ2) is 8.45. The zero-order valence-corrected chi connectivity index (χ0v) is 13.1. The Morgan fingerprint density at radius 1 is 1.00 bits per heavy atom. The van der Waals surface area contributed by atoms with Crippen LogP contribution < -0.4 is 0 Å². The molecule has 0 aliphatic heterocycles. The Hall–Kier alpha value is -1.84. The topological polar surface area (TPSA) is 52.6 Å². The number of hydrogen-bond donors (Lipinski definition) is 0. The molecule has 4 nitrogen and oxygen atoms in total. The van der Waals surface area contributed by atoms with Crippen LogP contribution in [-0.2, 0) is 14.3 Å². The molecule has 0 unspecified atom stereocenters. The van der Waals surface area contributed by atoms with Crippen molar-refractivity contribution >= 4 is 11.9 Å². The number of rotatable bonds is 7. The maximum absolute atomic E-state index is 11.6. The average Bonchev–Trinajstić information content (AvgIpc) is 2.41. The Bertz CT molecular complexity index is 446. The van der Waals surface area contributed by atoms with Crippen molar-refractivity contribution in [3.05, 3.63) is 35.9 Å². The molecule has 1 rings (SSSR count). The summed E-state index contributed by atoms with van der Waals surface area (Å²) in [4.78, 5) is 23.1. The maximum atomic E-state index is 11.6. The van der Waals surface area contributed by atoms with Crippen molar-refractivity contribution < 1.29 is 19.1 Å². The minimum Gasteiger partial charge on any atom is -0.462 e. The van der Waals surface area contributed by atoms with E-state index in [0.717, 1.165) is 19.3 Å². The van der Waals surface area contributed by atoms with E-state index in [4.69, 9.17) is 9.47 Å². The van der Waals surface area contributed by atoms with Gasteiger partial charge in [0, 0.05) is 6.42 Å². The van der Waals surface area contributed by atoms with Crippen LogP contribution in [0.1, 0.15) is 56.8 Å². The van der Waals surface area contributed by atoms with Crippen LogP contribution in [0.3, 0.4) is 0 Å². The third kappa shape index (κ3) is 8.12. The normalized spacial score (nSPS) is 11.0. The van der Waals surface area contributed by atoms with Crippen LogP contribution in [0.25, 0.3) is 0 Å². The summed E-state index contributed by atoms with van der Waals surface area (Å²) in [6, 6.07) is 8.91. The Balaban J connectivity index is 2.07. The Kier molecular flexibility index (Phi) is 6.92. The van der Waals surface area contributed by atoms with E-state index in [1.54, 1.807) is 24.3 Å². The number of benzene rings is 1. The lowest BCUT2D eigenvalue weighted by Gasteiger charge is -2.19. The summed E-state index contributed by atoms with van der Waals surface area (Å²) in [5.74, 6) is -0.480. The Morgan fingerprint density at radius 2 is 1.67 bits per heavy atom. The Labute approximate surface area is 126 Å². The molecule has 4 heteroatoms. The van der Waals surface area contributed by atoms with Crippen molar-refractivity contribution in [2.75, 3.05) is 6.61 Å². The van der Waals surface area contributed by atoms with Gasteiger partial charge < -0.3 is 9.47 Å². The lowest BCUT2D eigenvalue weighted by Crippen LogP contribution is -2.23. The zero-order valence-electron chi connectivity index (χ0n) is 13.1. The highest BCUT2D eigenvalue weighted by Gasteiger charge is 2.15. The molecule has 1 aromatic carbocycles. The summed E-state index contributed by atoms with van der Waals surface area (Å²) < 4.78 is 10.4. The first-order valence-corrected chi connectivity index (χ1v) is 7.32. The highest BCUT2D eigenvalue weighted by Crippen LogP contribution is 2.10. The van der Waals surface area contributed by atoms with Crippen molar-refractivity contribution in [2.24, 2.45) is 0 Å². The van der Waals surface area contributed by atoms with E-state index in [2.05, 4.69) is 0 Å². The first-order chi connectivity index (χ1) is 9.88. The van der Waals surface area contributed by atoms with Crippen molar-refractivity contribution in [3.63, 3.8) is 0 Å². The zero-order chi connectivity index (χ0) is 15.7. The molecule has 0 aliphatic carbocycles. The fourth-order valence-electron chi connectivity index (χ4n) is 1.76. The first kappa shape index (κ1) is 17.2. The summed E-state index contributed by atoms with van der Waals surface area (Å²) >= 11 is 0. The highest BCUT2D eigenvalue weighted by molar-refractivity contribution is 5.89. The molecule has 0 aliphatic rings. The number of ether oxygens (including phenoxy) is 2. The third-order valence-corrected chi connectivity index (χ3v) is 2.69. The van der Waals surface area contributed by atoms with Crippen molar-refractivity contribution in [1.29, 1.82) is 0 Å². The van der Waals surface area contributed by atoms with Crippen LogP contribution >= 0.6 is 0 Å². The van der Waals surface area contributed by atoms with Gasteiger partial charge in [0.2, 0.25) is 0 Å². The van der Waals surface area contributed by atoms with Gasteiger partial charge in [0.15, 0.2) is 0 Å². The molecule has 116 valence electrons. The predicted molar refractivity (Wildman–Crippen MR) is 81.0 cm³/mol. The van der Waals surface area contributed by atoms with E-state index >= 15 is 0 Å². The molecular formula is C17H24O4. The first-order valence-electron chi connectivity index (χ1n) is 7.32. The van der Waals surface area contributed by atoms with Gasteiger partial charge in [-0.15, -0.1) is 0 Å². The molecule has 0 saturated heterocycles. The summed E-state index contributed by atoms with van der Waals surface area (Å²) in [7, 11) is 0. The molecule has 0 saturated carbocycles. The number of hydrogen-bond acceptors (Lipinski definition) is 4. The van der Waals surface area contributed by atoms with Crippen molar-refractivity contribution in [1.82, 2.24) is 0 Å². The summed E-state index contributed by atoms with van der Waals surface area (Å²) in [6.45, 7) is 5.94. The Morgan fingerprint density at radius 3 is 2.29 bits per heavy atom. The van der Waals surface area contributed by atoms with Crippen LogP contribution in [-0.4, -0.2) is 24.1 Å². The lowest BCUT2D eigenvalue weighted by molar-refractivity contribution is -0.154. The van der Waals surface area contributed by atoms with Crippen LogP contribution in [0.5, 0.6) is 0 Å². The van der Waals surface area contributed by atoms with Gasteiger partial charge in [0.05, 0.1) is 12.2 Å². The molecule has 0 heterocycles. The molecule has 0 aromatic heterocycles. The van der Waals surface area contributed by atoms with Gasteiger partial charge in [-0.05, 0) is 52.2 Å². The van der Waals surface area contributed by atoms with Gasteiger partial charge in [0.1, 0.15) is 5.60 Å². The lowest BCUT2D eigenvalue weighted by atomic mass is 10.1. The molecule has 0 radical (unpaired) electrons. The number of carbonyl (C=O) groups excluding carboxylic acids is 2. The van der Waals surface area contributed by atoms with Gasteiger partial charge >= 0.3 is 11.9 Å². The summed E-state index contributed by atoms with van der Waals surface area (Å²) in [6.07, 6.45) is 2.74. The van der Waals surface area contributed by atoms with Crippen LogP contribution in [0.15, 0.2) is 30.3 Å². The van der Waals surface area contributed by atoms with Gasteiger partial charge in [0.25, 0.3) is 0 Å². The van der Waals surface area contributed by atoms with Crippen molar-refractivity contribution in [3.8, 4) is 0 Å². The monoisotopic (exact) mass is 292 g/mol. The quantitative estimate of drug-likeness (QED) is 0.567. The maximum Gasteiger partial charge on any atom is 0.338 e. The summed E-state index contributed by atoms with van der Waals surface area (Å²) in [5.41, 5.74) is 0.133. The molecule has 0 amide bonds. The number of carbonyl (C=O) groups is 2. The predicted octanol–water partition coefficient (Wildman–Crippen LogP) is 3.75. The minimum atomic E-state index is -0.428. The van der Waals surface area contributed by atoms with Gasteiger partial charge in [-0.3, -0.25) is 4.79 Å². The molecule has 0 spiro atoms. The second-order valence-corrected chi connectivity index (χ2v) is 5.90. The smallest absolute Gasteiger partial charge is 0.338 e. The summed E-state index contributed by atoms with van der Waals surface area (Å²) in [5, 5.41) is 0. The minimum absolute atomic E-state index is 0.177. The van der Waals surface area contributed by atoms with Gasteiger partial charge in [-0.25, -0.2) is 4.79 Å². The molecule has 1 aromatic rings. The fourth-order valence-corrected chi connectivity index (χ4v) is 1.76. The van der Waals surface area contributed by atoms with E-state index in [1.165, 1.54) is 0 Å². The van der Waals surface area contributed by atoms with Crippen LogP contribution in [0.2, 0.25) is 0 Å². The van der Waals surface area contributed by atoms with Crippen LogP contribution in [0, 0.1) is 0 Å². The second-order valence-electron chi connectivity index (χ2n) is 5.90. The van der Waals surface area contributed by atoms with Gasteiger partial charge in [-0.2, -0.15) is 0 Å². The SMILES string of the molecule is CC(C)(C)OC(=O)CCCCCOC(=O)c1ccccc1. The molecule has 0 fully saturated rings. The molecule has 0 N–H and O–H groups in total.